The van der Waals surface area contributed by atoms with Gasteiger partial charge in [0.05, 0.1) is 10.0 Å². The van der Waals surface area contributed by atoms with Gasteiger partial charge < -0.3 is 5.32 Å². The second-order valence-electron chi connectivity index (χ2n) is 5.05. The average Bonchev–Trinajstić information content (AvgIpc) is 3.20. The third-order valence-electron chi connectivity index (χ3n) is 3.29. The number of hydrogen-bond donors (Lipinski definition) is 1. The standard InChI is InChI=1S/C13H14Cl3NO3S/c14-10-6-9(7-11(12(10)15)21(16,19)20)13(18)17-5-1-2-8-3-4-8/h6-8H,1-5H2,(H,17,18). The Morgan fingerprint density at radius 2 is 1.95 bits per heavy atom. The van der Waals surface area contributed by atoms with Crippen LogP contribution in [0.3, 0.4) is 0 Å². The molecular formula is C13H14Cl3NO3S. The number of benzene rings is 1. The SMILES string of the molecule is O=C(NCCCC1CC1)c1cc(Cl)c(Cl)c(S(=O)(=O)Cl)c1. The lowest BCUT2D eigenvalue weighted by molar-refractivity contribution is 0.0952. The first-order valence-electron chi connectivity index (χ1n) is 6.51. The van der Waals surface area contributed by atoms with Crippen molar-refractivity contribution in [1.29, 1.82) is 0 Å². The van der Waals surface area contributed by atoms with Crippen LogP contribution in [0.4, 0.5) is 0 Å². The van der Waals surface area contributed by atoms with Crippen LogP contribution < -0.4 is 5.32 Å². The molecule has 1 fully saturated rings. The van der Waals surface area contributed by atoms with Crippen LogP contribution in [0.5, 0.6) is 0 Å². The normalized spacial score (nSPS) is 15.0. The first-order chi connectivity index (χ1) is 9.79. The van der Waals surface area contributed by atoms with Gasteiger partial charge in [-0.2, -0.15) is 0 Å². The molecule has 0 saturated heterocycles. The van der Waals surface area contributed by atoms with E-state index in [2.05, 4.69) is 5.32 Å². The van der Waals surface area contributed by atoms with Crippen LogP contribution in [0.2, 0.25) is 10.0 Å². The fourth-order valence-electron chi connectivity index (χ4n) is 1.97. The van der Waals surface area contributed by atoms with Crippen LogP contribution in [-0.4, -0.2) is 20.9 Å². The van der Waals surface area contributed by atoms with E-state index in [1.807, 2.05) is 0 Å². The van der Waals surface area contributed by atoms with Crippen LogP contribution in [0.15, 0.2) is 17.0 Å². The van der Waals surface area contributed by atoms with Crippen molar-refractivity contribution < 1.29 is 13.2 Å². The minimum Gasteiger partial charge on any atom is -0.352 e. The molecule has 0 atom stereocenters. The Morgan fingerprint density at radius 1 is 1.29 bits per heavy atom. The average molecular weight is 371 g/mol. The van der Waals surface area contributed by atoms with Crippen LogP contribution >= 0.6 is 33.9 Å². The molecule has 1 aliphatic carbocycles. The summed E-state index contributed by atoms with van der Waals surface area (Å²) >= 11 is 11.6. The zero-order valence-electron chi connectivity index (χ0n) is 11.0. The Bertz CT molecular complexity index is 657. The molecule has 1 N–H and O–H groups in total. The van der Waals surface area contributed by atoms with Gasteiger partial charge in [0.15, 0.2) is 0 Å². The first-order valence-corrected chi connectivity index (χ1v) is 9.57. The number of amides is 1. The molecule has 0 aliphatic heterocycles. The molecule has 4 nitrogen and oxygen atoms in total. The highest BCUT2D eigenvalue weighted by Crippen LogP contribution is 2.34. The molecule has 0 spiro atoms. The zero-order chi connectivity index (χ0) is 15.6. The van der Waals surface area contributed by atoms with Crippen LogP contribution in [0.25, 0.3) is 0 Å². The molecule has 21 heavy (non-hydrogen) atoms. The van der Waals surface area contributed by atoms with Gasteiger partial charge in [-0.25, -0.2) is 8.42 Å². The molecule has 1 aliphatic rings. The molecule has 2 rings (SSSR count). The number of hydrogen-bond acceptors (Lipinski definition) is 3. The highest BCUT2D eigenvalue weighted by Gasteiger charge is 2.22. The summed E-state index contributed by atoms with van der Waals surface area (Å²) in [6, 6.07) is 2.46. The molecule has 0 radical (unpaired) electrons. The second-order valence-corrected chi connectivity index (χ2v) is 8.37. The molecule has 0 bridgehead atoms. The Labute approximate surface area is 138 Å². The maximum Gasteiger partial charge on any atom is 0.262 e. The van der Waals surface area contributed by atoms with Gasteiger partial charge in [-0.05, 0) is 30.9 Å². The third kappa shape index (κ3) is 4.74. The Morgan fingerprint density at radius 3 is 2.52 bits per heavy atom. The smallest absolute Gasteiger partial charge is 0.262 e. The van der Waals surface area contributed by atoms with E-state index in [9.17, 15) is 13.2 Å². The lowest BCUT2D eigenvalue weighted by atomic mass is 10.2. The molecule has 8 heteroatoms. The van der Waals surface area contributed by atoms with E-state index < -0.39 is 15.0 Å². The van der Waals surface area contributed by atoms with Crippen LogP contribution in [0, 0.1) is 5.92 Å². The summed E-state index contributed by atoms with van der Waals surface area (Å²) in [4.78, 5) is 11.6. The van der Waals surface area contributed by atoms with Crippen molar-refractivity contribution in [2.75, 3.05) is 6.54 Å². The van der Waals surface area contributed by atoms with Gasteiger partial charge in [-0.3, -0.25) is 4.79 Å². The molecule has 1 aromatic carbocycles. The third-order valence-corrected chi connectivity index (χ3v) is 5.55. The van der Waals surface area contributed by atoms with Crippen molar-refractivity contribution in [3.05, 3.63) is 27.7 Å². The minimum absolute atomic E-state index is 0.0264. The highest BCUT2D eigenvalue weighted by molar-refractivity contribution is 8.13. The molecule has 0 aromatic heterocycles. The number of rotatable bonds is 6. The maximum atomic E-state index is 12.0. The largest absolute Gasteiger partial charge is 0.352 e. The summed E-state index contributed by atoms with van der Waals surface area (Å²) in [6.45, 7) is 0.540. The number of nitrogens with one attached hydrogen (secondary N) is 1. The highest BCUT2D eigenvalue weighted by atomic mass is 35.7. The monoisotopic (exact) mass is 369 g/mol. The quantitative estimate of drug-likeness (QED) is 0.611. The van der Waals surface area contributed by atoms with E-state index in [1.165, 1.54) is 18.9 Å². The minimum atomic E-state index is -4.06. The summed E-state index contributed by atoms with van der Waals surface area (Å²) in [5.74, 6) is 0.408. The summed E-state index contributed by atoms with van der Waals surface area (Å²) in [7, 11) is 1.21. The predicted octanol–water partition coefficient (Wildman–Crippen LogP) is 3.84. The molecular weight excluding hydrogens is 357 g/mol. The molecule has 1 aromatic rings. The van der Waals surface area contributed by atoms with E-state index in [-0.39, 0.29) is 20.5 Å². The van der Waals surface area contributed by atoms with Gasteiger partial charge in [0.2, 0.25) is 0 Å². The van der Waals surface area contributed by atoms with E-state index >= 15 is 0 Å². The maximum absolute atomic E-state index is 12.0. The lowest BCUT2D eigenvalue weighted by Gasteiger charge is -2.08. The summed E-state index contributed by atoms with van der Waals surface area (Å²) in [6.07, 6.45) is 4.55. The second kappa shape index (κ2) is 6.73. The van der Waals surface area contributed by atoms with E-state index in [4.69, 9.17) is 33.9 Å². The first kappa shape index (κ1) is 16.9. The van der Waals surface area contributed by atoms with Gasteiger partial charge in [0.1, 0.15) is 4.90 Å². The topological polar surface area (TPSA) is 63.2 Å². The van der Waals surface area contributed by atoms with Crippen molar-refractivity contribution in [2.45, 2.75) is 30.6 Å². The van der Waals surface area contributed by atoms with Gasteiger partial charge in [0.25, 0.3) is 15.0 Å². The van der Waals surface area contributed by atoms with Crippen molar-refractivity contribution in [1.82, 2.24) is 5.32 Å². The molecule has 116 valence electrons. The van der Waals surface area contributed by atoms with Crippen molar-refractivity contribution in [3.63, 3.8) is 0 Å². The van der Waals surface area contributed by atoms with Crippen molar-refractivity contribution >= 4 is 48.8 Å². The molecule has 0 unspecified atom stereocenters. The lowest BCUT2D eigenvalue weighted by Crippen LogP contribution is -2.24. The summed E-state index contributed by atoms with van der Waals surface area (Å²) in [5.41, 5.74) is 0.120. The zero-order valence-corrected chi connectivity index (χ0v) is 14.1. The van der Waals surface area contributed by atoms with E-state index in [0.717, 1.165) is 24.8 Å². The fraction of sp³-hybridized carbons (Fsp3) is 0.462. The molecule has 1 saturated carbocycles. The van der Waals surface area contributed by atoms with Crippen LogP contribution in [-0.2, 0) is 9.05 Å². The fourth-order valence-corrected chi connectivity index (χ4v) is 3.74. The summed E-state index contributed by atoms with van der Waals surface area (Å²) in [5, 5.41) is 2.52. The van der Waals surface area contributed by atoms with Crippen LogP contribution in [0.1, 0.15) is 36.0 Å². The van der Waals surface area contributed by atoms with Gasteiger partial charge in [0, 0.05) is 22.8 Å². The predicted molar refractivity (Wildman–Crippen MR) is 83.8 cm³/mol. The van der Waals surface area contributed by atoms with Gasteiger partial charge in [-0.1, -0.05) is 36.0 Å². The van der Waals surface area contributed by atoms with Gasteiger partial charge >= 0.3 is 0 Å². The Kier molecular flexibility index (Phi) is 5.41. The van der Waals surface area contributed by atoms with Gasteiger partial charge in [-0.15, -0.1) is 0 Å². The van der Waals surface area contributed by atoms with Crippen molar-refractivity contribution in [2.24, 2.45) is 5.92 Å². The number of halogens is 3. The van der Waals surface area contributed by atoms with E-state index in [0.29, 0.717) is 6.54 Å². The molecule has 0 heterocycles. The number of carbonyl (C=O) groups excluding carboxylic acids is 1. The Hall–Kier alpha value is -0.490. The van der Waals surface area contributed by atoms with Crippen molar-refractivity contribution in [3.8, 4) is 0 Å². The Balaban J connectivity index is 2.07. The number of carbonyl (C=O) groups is 1. The molecule has 1 amide bonds. The van der Waals surface area contributed by atoms with E-state index in [1.54, 1.807) is 0 Å². The summed E-state index contributed by atoms with van der Waals surface area (Å²) < 4.78 is 22.8.